The molecule has 2 heterocycles. The third-order valence-corrected chi connectivity index (χ3v) is 4.26. The Hall–Kier alpha value is -3.09. The Balaban J connectivity index is 1.64. The predicted octanol–water partition coefficient (Wildman–Crippen LogP) is 3.46. The van der Waals surface area contributed by atoms with Gasteiger partial charge >= 0.3 is 0 Å². The summed E-state index contributed by atoms with van der Waals surface area (Å²) >= 11 is 0. The van der Waals surface area contributed by atoms with Gasteiger partial charge in [0.15, 0.2) is 17.3 Å². The molecular formula is C18H15NO6. The fraction of sp³-hybridized carbons (Fsp3) is 0.278. The van der Waals surface area contributed by atoms with Crippen LogP contribution in [-0.4, -0.2) is 23.9 Å². The van der Waals surface area contributed by atoms with E-state index in [0.29, 0.717) is 30.5 Å². The van der Waals surface area contributed by atoms with Gasteiger partial charge in [0.25, 0.3) is 5.69 Å². The molecule has 0 spiro atoms. The number of nitrogens with zero attached hydrogens (tertiary/aromatic N) is 1. The smallest absolute Gasteiger partial charge is 0.270 e. The number of nitro benzene ring substituents is 1. The van der Waals surface area contributed by atoms with Crippen molar-refractivity contribution in [2.45, 2.75) is 18.9 Å². The number of Topliss-reactive ketones (excluding diaryl/α,β-unsaturated/α-hetero) is 1. The third-order valence-electron chi connectivity index (χ3n) is 4.26. The molecule has 2 aromatic rings. The van der Waals surface area contributed by atoms with E-state index in [9.17, 15) is 14.9 Å². The molecule has 7 nitrogen and oxygen atoms in total. The lowest BCUT2D eigenvalue weighted by Gasteiger charge is -2.25. The van der Waals surface area contributed by atoms with Crippen LogP contribution in [0.3, 0.4) is 0 Å². The van der Waals surface area contributed by atoms with Crippen LogP contribution in [0.25, 0.3) is 0 Å². The highest BCUT2D eigenvalue weighted by Gasteiger charge is 2.30. The highest BCUT2D eigenvalue weighted by Crippen LogP contribution is 2.39. The molecule has 0 bridgehead atoms. The van der Waals surface area contributed by atoms with Crippen LogP contribution in [0.1, 0.15) is 34.9 Å². The van der Waals surface area contributed by atoms with E-state index >= 15 is 0 Å². The Morgan fingerprint density at radius 2 is 1.76 bits per heavy atom. The monoisotopic (exact) mass is 341 g/mol. The van der Waals surface area contributed by atoms with Crippen molar-refractivity contribution >= 4 is 11.5 Å². The van der Waals surface area contributed by atoms with Crippen LogP contribution >= 0.6 is 0 Å². The Morgan fingerprint density at radius 3 is 2.56 bits per heavy atom. The Kier molecular flexibility index (Phi) is 3.76. The number of carbonyl (C=O) groups is 1. The highest BCUT2D eigenvalue weighted by atomic mass is 16.6. The van der Waals surface area contributed by atoms with Crippen molar-refractivity contribution in [3.05, 3.63) is 57.6 Å². The number of ketones is 1. The molecule has 2 aromatic carbocycles. The first-order valence-corrected chi connectivity index (χ1v) is 7.99. The zero-order valence-electron chi connectivity index (χ0n) is 13.3. The average Bonchev–Trinajstić information content (AvgIpc) is 2.86. The third kappa shape index (κ3) is 2.88. The second-order valence-corrected chi connectivity index (χ2v) is 5.93. The first kappa shape index (κ1) is 15.4. The first-order valence-electron chi connectivity index (χ1n) is 7.99. The standard InChI is InChI=1S/C18H15NO6/c20-14-10-17(25-15-5-3-12(19(21)22)9-13(14)15)11-2-4-16-18(8-11)24-7-1-6-23-16/h2-5,8-9,17H,1,6-7,10H2/t17-/m0/s1. The molecule has 0 N–H and O–H groups in total. The topological polar surface area (TPSA) is 87.9 Å². The van der Waals surface area contributed by atoms with Crippen molar-refractivity contribution in [3.63, 3.8) is 0 Å². The van der Waals surface area contributed by atoms with Gasteiger partial charge in [-0.3, -0.25) is 14.9 Å². The van der Waals surface area contributed by atoms with Gasteiger partial charge in [-0.1, -0.05) is 6.07 Å². The molecular weight excluding hydrogens is 326 g/mol. The van der Waals surface area contributed by atoms with Gasteiger partial charge in [-0.2, -0.15) is 0 Å². The summed E-state index contributed by atoms with van der Waals surface area (Å²) in [4.78, 5) is 22.8. The van der Waals surface area contributed by atoms with Crippen molar-refractivity contribution < 1.29 is 23.9 Å². The molecule has 0 fully saturated rings. The van der Waals surface area contributed by atoms with Crippen LogP contribution in [0.5, 0.6) is 17.2 Å². The quantitative estimate of drug-likeness (QED) is 0.614. The van der Waals surface area contributed by atoms with E-state index in [0.717, 1.165) is 12.0 Å². The summed E-state index contributed by atoms with van der Waals surface area (Å²) < 4.78 is 17.2. The summed E-state index contributed by atoms with van der Waals surface area (Å²) in [7, 11) is 0. The maximum Gasteiger partial charge on any atom is 0.270 e. The van der Waals surface area contributed by atoms with E-state index in [1.807, 2.05) is 18.2 Å². The molecule has 25 heavy (non-hydrogen) atoms. The minimum Gasteiger partial charge on any atom is -0.490 e. The van der Waals surface area contributed by atoms with Gasteiger partial charge in [0.05, 0.1) is 30.1 Å². The number of non-ortho nitro benzene ring substituents is 1. The number of ether oxygens (including phenoxy) is 3. The number of rotatable bonds is 2. The van der Waals surface area contributed by atoms with Gasteiger partial charge in [-0.25, -0.2) is 0 Å². The van der Waals surface area contributed by atoms with E-state index in [4.69, 9.17) is 14.2 Å². The van der Waals surface area contributed by atoms with Crippen LogP contribution in [0, 0.1) is 10.1 Å². The maximum atomic E-state index is 12.4. The number of carbonyl (C=O) groups excluding carboxylic acids is 1. The summed E-state index contributed by atoms with van der Waals surface area (Å²) in [6.45, 7) is 1.18. The second-order valence-electron chi connectivity index (χ2n) is 5.93. The second kappa shape index (κ2) is 6.08. The Bertz CT molecular complexity index is 863. The summed E-state index contributed by atoms with van der Waals surface area (Å²) in [5.74, 6) is 1.50. The number of benzene rings is 2. The molecule has 1 atom stereocenters. The van der Waals surface area contributed by atoms with Crippen LogP contribution < -0.4 is 14.2 Å². The molecule has 0 saturated heterocycles. The van der Waals surface area contributed by atoms with Crippen molar-refractivity contribution in [2.75, 3.05) is 13.2 Å². The molecule has 0 amide bonds. The molecule has 7 heteroatoms. The molecule has 128 valence electrons. The van der Waals surface area contributed by atoms with E-state index in [1.165, 1.54) is 18.2 Å². The summed E-state index contributed by atoms with van der Waals surface area (Å²) in [6, 6.07) is 9.57. The van der Waals surface area contributed by atoms with Crippen molar-refractivity contribution in [3.8, 4) is 17.2 Å². The zero-order valence-corrected chi connectivity index (χ0v) is 13.3. The van der Waals surface area contributed by atoms with Gasteiger partial charge < -0.3 is 14.2 Å². The molecule has 0 unspecified atom stereocenters. The maximum absolute atomic E-state index is 12.4. The zero-order chi connectivity index (χ0) is 17.4. The minimum atomic E-state index is -0.524. The number of hydrogen-bond donors (Lipinski definition) is 0. The average molecular weight is 341 g/mol. The fourth-order valence-corrected chi connectivity index (χ4v) is 2.99. The molecule has 0 radical (unpaired) electrons. The van der Waals surface area contributed by atoms with E-state index in [2.05, 4.69) is 0 Å². The van der Waals surface area contributed by atoms with Crippen LogP contribution in [0.15, 0.2) is 36.4 Å². The predicted molar refractivity (Wildman–Crippen MR) is 87.5 cm³/mol. The lowest BCUT2D eigenvalue weighted by molar-refractivity contribution is -0.384. The first-order chi connectivity index (χ1) is 12.1. The fourth-order valence-electron chi connectivity index (χ4n) is 2.99. The van der Waals surface area contributed by atoms with Crippen LogP contribution in [0.4, 0.5) is 5.69 Å². The molecule has 4 rings (SSSR count). The SMILES string of the molecule is O=C1C[C@@H](c2ccc3c(c2)OCCCO3)Oc2ccc([N+](=O)[O-])cc21. The molecule has 0 aromatic heterocycles. The van der Waals surface area contributed by atoms with E-state index in [-0.39, 0.29) is 23.5 Å². The lowest BCUT2D eigenvalue weighted by atomic mass is 9.95. The number of fused-ring (bicyclic) bond motifs is 2. The molecule has 0 aliphatic carbocycles. The normalized spacial score (nSPS) is 18.7. The summed E-state index contributed by atoms with van der Waals surface area (Å²) in [5.41, 5.74) is 0.936. The van der Waals surface area contributed by atoms with Gasteiger partial charge in [-0.05, 0) is 23.8 Å². The largest absolute Gasteiger partial charge is 0.490 e. The Morgan fingerprint density at radius 1 is 1.00 bits per heavy atom. The van der Waals surface area contributed by atoms with Crippen molar-refractivity contribution in [2.24, 2.45) is 0 Å². The van der Waals surface area contributed by atoms with Crippen molar-refractivity contribution in [1.82, 2.24) is 0 Å². The van der Waals surface area contributed by atoms with E-state index in [1.54, 1.807) is 0 Å². The van der Waals surface area contributed by atoms with Gasteiger partial charge in [-0.15, -0.1) is 0 Å². The summed E-state index contributed by atoms with van der Waals surface area (Å²) in [5, 5.41) is 10.9. The van der Waals surface area contributed by atoms with E-state index < -0.39 is 11.0 Å². The molecule has 2 aliphatic rings. The Labute approximate surface area is 143 Å². The van der Waals surface area contributed by atoms with Crippen molar-refractivity contribution in [1.29, 1.82) is 0 Å². The van der Waals surface area contributed by atoms with Crippen LogP contribution in [0.2, 0.25) is 0 Å². The number of hydrogen-bond acceptors (Lipinski definition) is 6. The highest BCUT2D eigenvalue weighted by molar-refractivity contribution is 6.00. The molecule has 2 aliphatic heterocycles. The van der Waals surface area contributed by atoms with Gasteiger partial charge in [0.2, 0.25) is 0 Å². The minimum absolute atomic E-state index is 0.119. The lowest BCUT2D eigenvalue weighted by Crippen LogP contribution is -2.20. The summed E-state index contributed by atoms with van der Waals surface area (Å²) in [6.07, 6.45) is 0.473. The molecule has 0 saturated carbocycles. The van der Waals surface area contributed by atoms with Crippen LogP contribution in [-0.2, 0) is 0 Å². The van der Waals surface area contributed by atoms with Gasteiger partial charge in [0, 0.05) is 18.6 Å². The van der Waals surface area contributed by atoms with Gasteiger partial charge in [0.1, 0.15) is 11.9 Å². The number of nitro groups is 1.